The Morgan fingerprint density at radius 1 is 1.21 bits per heavy atom. The molecule has 2 aromatic rings. The molecule has 1 amide bonds. The summed E-state index contributed by atoms with van der Waals surface area (Å²) in [6.45, 7) is 0.433. The lowest BCUT2D eigenvalue weighted by atomic mass is 9.73. The Labute approximate surface area is 144 Å². The molecule has 1 aromatic carbocycles. The minimum atomic E-state index is -0.876. The molecule has 1 aliphatic rings. The van der Waals surface area contributed by atoms with Crippen molar-refractivity contribution in [1.29, 1.82) is 0 Å². The first kappa shape index (κ1) is 16.5. The van der Waals surface area contributed by atoms with Crippen LogP contribution in [-0.2, 0) is 16.1 Å². The fourth-order valence-corrected chi connectivity index (χ4v) is 3.66. The normalized spacial score (nSPS) is 19.4. The SMILES string of the molecule is COc1ccc(-c2csc(CNC(=O)C3CCC3C(=O)O)c2)cc1. The van der Waals surface area contributed by atoms with Gasteiger partial charge in [0.25, 0.3) is 0 Å². The van der Waals surface area contributed by atoms with E-state index in [1.165, 1.54) is 0 Å². The number of thiophene rings is 1. The maximum Gasteiger partial charge on any atom is 0.307 e. The number of rotatable bonds is 6. The Balaban J connectivity index is 1.58. The van der Waals surface area contributed by atoms with Crippen molar-refractivity contribution in [3.05, 3.63) is 40.6 Å². The van der Waals surface area contributed by atoms with Crippen LogP contribution in [-0.4, -0.2) is 24.1 Å². The Morgan fingerprint density at radius 2 is 1.92 bits per heavy atom. The molecule has 6 heteroatoms. The summed E-state index contributed by atoms with van der Waals surface area (Å²) in [6.07, 6.45) is 1.25. The van der Waals surface area contributed by atoms with E-state index in [1.807, 2.05) is 35.7 Å². The van der Waals surface area contributed by atoms with Crippen LogP contribution in [0.15, 0.2) is 35.7 Å². The summed E-state index contributed by atoms with van der Waals surface area (Å²) < 4.78 is 5.15. The minimum Gasteiger partial charge on any atom is -0.497 e. The lowest BCUT2D eigenvalue weighted by Crippen LogP contribution is -2.43. The van der Waals surface area contributed by atoms with Crippen molar-refractivity contribution in [2.45, 2.75) is 19.4 Å². The highest BCUT2D eigenvalue weighted by atomic mass is 32.1. The van der Waals surface area contributed by atoms with Crippen LogP contribution in [0.25, 0.3) is 11.1 Å². The lowest BCUT2D eigenvalue weighted by Gasteiger charge is -2.31. The number of carboxylic acids is 1. The zero-order valence-electron chi connectivity index (χ0n) is 13.3. The number of hydrogen-bond donors (Lipinski definition) is 2. The topological polar surface area (TPSA) is 75.6 Å². The molecule has 1 saturated carbocycles. The Bertz CT molecular complexity index is 738. The van der Waals surface area contributed by atoms with Gasteiger partial charge in [-0.2, -0.15) is 0 Å². The van der Waals surface area contributed by atoms with Crippen molar-refractivity contribution in [1.82, 2.24) is 5.32 Å². The van der Waals surface area contributed by atoms with Crippen molar-refractivity contribution < 1.29 is 19.4 Å². The second-order valence-electron chi connectivity index (χ2n) is 5.88. The standard InChI is InChI=1S/C18H19NO4S/c1-23-13-4-2-11(3-5-13)12-8-14(24-10-12)9-19-17(20)15-6-7-16(15)18(21)22/h2-5,8,10,15-16H,6-7,9H2,1H3,(H,19,20)(H,21,22). The summed E-state index contributed by atoms with van der Waals surface area (Å²) >= 11 is 1.58. The molecule has 0 saturated heterocycles. The Hall–Kier alpha value is -2.34. The van der Waals surface area contributed by atoms with Crippen LogP contribution in [0.3, 0.4) is 0 Å². The molecule has 1 aliphatic carbocycles. The van der Waals surface area contributed by atoms with E-state index in [1.54, 1.807) is 18.4 Å². The summed E-state index contributed by atoms with van der Waals surface area (Å²) in [5.74, 6) is -1.13. The van der Waals surface area contributed by atoms with E-state index in [0.29, 0.717) is 19.4 Å². The highest BCUT2D eigenvalue weighted by Crippen LogP contribution is 2.34. The minimum absolute atomic E-state index is 0.159. The maximum atomic E-state index is 12.1. The summed E-state index contributed by atoms with van der Waals surface area (Å²) in [5.41, 5.74) is 2.19. The van der Waals surface area contributed by atoms with Crippen molar-refractivity contribution in [3.63, 3.8) is 0 Å². The number of hydrogen-bond acceptors (Lipinski definition) is 4. The second kappa shape index (κ2) is 7.05. The third-order valence-corrected chi connectivity index (χ3v) is 5.38. The van der Waals surface area contributed by atoms with Gasteiger partial charge in [-0.25, -0.2) is 0 Å². The van der Waals surface area contributed by atoms with Crippen LogP contribution < -0.4 is 10.1 Å². The molecule has 2 atom stereocenters. The predicted molar refractivity (Wildman–Crippen MR) is 92.0 cm³/mol. The van der Waals surface area contributed by atoms with Gasteiger partial charge in [-0.1, -0.05) is 12.1 Å². The summed E-state index contributed by atoms with van der Waals surface area (Å²) in [6, 6.07) is 9.86. The van der Waals surface area contributed by atoms with E-state index in [0.717, 1.165) is 21.8 Å². The van der Waals surface area contributed by atoms with E-state index in [2.05, 4.69) is 5.32 Å². The van der Waals surface area contributed by atoms with Crippen LogP contribution in [0, 0.1) is 11.8 Å². The van der Waals surface area contributed by atoms with Gasteiger partial charge in [0.05, 0.1) is 25.5 Å². The van der Waals surface area contributed by atoms with Crippen LogP contribution in [0.4, 0.5) is 0 Å². The summed E-state index contributed by atoms with van der Waals surface area (Å²) in [5, 5.41) is 13.9. The first-order valence-corrected chi connectivity index (χ1v) is 8.69. The van der Waals surface area contributed by atoms with Crippen LogP contribution in [0.2, 0.25) is 0 Å². The molecule has 0 spiro atoms. The number of benzene rings is 1. The van der Waals surface area contributed by atoms with Gasteiger partial charge in [0.15, 0.2) is 0 Å². The third kappa shape index (κ3) is 3.43. The average Bonchev–Trinajstić information content (AvgIpc) is 3.00. The number of ether oxygens (including phenoxy) is 1. The van der Waals surface area contributed by atoms with Gasteiger partial charge in [0.1, 0.15) is 5.75 Å². The molecule has 24 heavy (non-hydrogen) atoms. The number of carboxylic acid groups (broad SMARTS) is 1. The largest absolute Gasteiger partial charge is 0.497 e. The maximum absolute atomic E-state index is 12.1. The van der Waals surface area contributed by atoms with Crippen LogP contribution in [0.1, 0.15) is 17.7 Å². The molecule has 0 aliphatic heterocycles. The van der Waals surface area contributed by atoms with Crippen molar-refractivity contribution in [2.24, 2.45) is 11.8 Å². The smallest absolute Gasteiger partial charge is 0.307 e. The van der Waals surface area contributed by atoms with Gasteiger partial charge in [-0.15, -0.1) is 11.3 Å². The molecule has 2 N–H and O–H groups in total. The average molecular weight is 345 g/mol. The van der Waals surface area contributed by atoms with Crippen LogP contribution >= 0.6 is 11.3 Å². The zero-order valence-corrected chi connectivity index (χ0v) is 14.1. The second-order valence-corrected chi connectivity index (χ2v) is 6.87. The zero-order chi connectivity index (χ0) is 17.1. The molecule has 0 bridgehead atoms. The quantitative estimate of drug-likeness (QED) is 0.843. The molecule has 3 rings (SSSR count). The van der Waals surface area contributed by atoms with E-state index in [-0.39, 0.29) is 11.8 Å². The van der Waals surface area contributed by atoms with E-state index in [9.17, 15) is 9.59 Å². The molecule has 0 radical (unpaired) electrons. The number of aliphatic carboxylic acids is 1. The van der Waals surface area contributed by atoms with Crippen molar-refractivity contribution in [2.75, 3.05) is 7.11 Å². The monoisotopic (exact) mass is 345 g/mol. The molecular formula is C18H19NO4S. The van der Waals surface area contributed by atoms with E-state index < -0.39 is 11.9 Å². The first-order valence-electron chi connectivity index (χ1n) is 7.81. The number of methoxy groups -OCH3 is 1. The molecule has 1 heterocycles. The van der Waals surface area contributed by atoms with Crippen molar-refractivity contribution >= 4 is 23.2 Å². The number of carbonyl (C=O) groups excluding carboxylic acids is 1. The summed E-state index contributed by atoms with van der Waals surface area (Å²) in [7, 11) is 1.64. The number of nitrogens with one attached hydrogen (secondary N) is 1. The first-order chi connectivity index (χ1) is 11.6. The fraction of sp³-hybridized carbons (Fsp3) is 0.333. The molecule has 2 unspecified atom stereocenters. The Morgan fingerprint density at radius 3 is 2.50 bits per heavy atom. The fourth-order valence-electron chi connectivity index (χ4n) is 2.82. The third-order valence-electron chi connectivity index (χ3n) is 4.44. The van der Waals surface area contributed by atoms with E-state index in [4.69, 9.17) is 9.84 Å². The van der Waals surface area contributed by atoms with Gasteiger partial charge in [-0.3, -0.25) is 9.59 Å². The lowest BCUT2D eigenvalue weighted by molar-refractivity contribution is -0.152. The van der Waals surface area contributed by atoms with Gasteiger partial charge in [0.2, 0.25) is 5.91 Å². The molecule has 126 valence electrons. The highest BCUT2D eigenvalue weighted by molar-refractivity contribution is 7.10. The number of carbonyl (C=O) groups is 2. The molecule has 1 fully saturated rings. The summed E-state index contributed by atoms with van der Waals surface area (Å²) in [4.78, 5) is 24.1. The van der Waals surface area contributed by atoms with Gasteiger partial charge >= 0.3 is 5.97 Å². The predicted octanol–water partition coefficient (Wildman–Crippen LogP) is 3.15. The molecular weight excluding hydrogens is 326 g/mol. The van der Waals surface area contributed by atoms with Gasteiger partial charge < -0.3 is 15.2 Å². The number of amides is 1. The van der Waals surface area contributed by atoms with Gasteiger partial charge in [0, 0.05) is 4.88 Å². The highest BCUT2D eigenvalue weighted by Gasteiger charge is 2.41. The van der Waals surface area contributed by atoms with Crippen molar-refractivity contribution in [3.8, 4) is 16.9 Å². The molecule has 5 nitrogen and oxygen atoms in total. The molecule has 1 aromatic heterocycles. The van der Waals surface area contributed by atoms with E-state index >= 15 is 0 Å². The Kier molecular flexibility index (Phi) is 4.85. The van der Waals surface area contributed by atoms with Gasteiger partial charge in [-0.05, 0) is 47.5 Å². The van der Waals surface area contributed by atoms with Crippen LogP contribution in [0.5, 0.6) is 5.75 Å².